The Morgan fingerprint density at radius 3 is 2.52 bits per heavy atom. The fraction of sp³-hybridized carbons (Fsp3) is 0.474. The molecule has 1 fully saturated rings. The largest absolute Gasteiger partial charge is 0.497 e. The summed E-state index contributed by atoms with van der Waals surface area (Å²) in [6.45, 7) is 6.38. The van der Waals surface area contributed by atoms with Crippen molar-refractivity contribution in [1.29, 1.82) is 0 Å². The van der Waals surface area contributed by atoms with Crippen LogP contribution in [0.5, 0.6) is 11.5 Å². The van der Waals surface area contributed by atoms with Gasteiger partial charge in [0.15, 0.2) is 0 Å². The van der Waals surface area contributed by atoms with Gasteiger partial charge in [-0.25, -0.2) is 4.98 Å². The molecule has 1 aromatic heterocycles. The smallest absolute Gasteiger partial charge is 0.229 e. The zero-order chi connectivity index (χ0) is 17.8. The van der Waals surface area contributed by atoms with E-state index in [1.807, 2.05) is 31.2 Å². The third-order valence-electron chi connectivity index (χ3n) is 4.60. The molecule has 2 aromatic rings. The number of benzene rings is 1. The van der Waals surface area contributed by atoms with Crippen molar-refractivity contribution < 1.29 is 9.47 Å². The lowest BCUT2D eigenvalue weighted by Crippen LogP contribution is -2.33. The van der Waals surface area contributed by atoms with E-state index in [4.69, 9.17) is 14.5 Å². The third-order valence-corrected chi connectivity index (χ3v) is 4.60. The third kappa shape index (κ3) is 4.13. The highest BCUT2D eigenvalue weighted by Crippen LogP contribution is 2.31. The number of ether oxygens (including phenoxy) is 2. The maximum absolute atomic E-state index is 5.42. The van der Waals surface area contributed by atoms with E-state index in [0.717, 1.165) is 47.7 Å². The highest BCUT2D eigenvalue weighted by Gasteiger charge is 2.18. The van der Waals surface area contributed by atoms with Crippen LogP contribution in [0, 0.1) is 12.8 Å². The summed E-state index contributed by atoms with van der Waals surface area (Å²) in [6.07, 6.45) is 2.41. The molecule has 1 aromatic carbocycles. The summed E-state index contributed by atoms with van der Waals surface area (Å²) in [5, 5.41) is 3.27. The van der Waals surface area contributed by atoms with E-state index in [0.29, 0.717) is 5.95 Å². The number of aromatic nitrogens is 2. The zero-order valence-electron chi connectivity index (χ0n) is 15.4. The molecule has 2 heterocycles. The zero-order valence-corrected chi connectivity index (χ0v) is 15.4. The molecule has 134 valence electrons. The van der Waals surface area contributed by atoms with E-state index in [2.05, 4.69) is 22.1 Å². The average Bonchev–Trinajstić information content (AvgIpc) is 2.61. The van der Waals surface area contributed by atoms with Gasteiger partial charge in [0.25, 0.3) is 0 Å². The highest BCUT2D eigenvalue weighted by atomic mass is 16.5. The Morgan fingerprint density at radius 1 is 1.08 bits per heavy atom. The summed E-state index contributed by atoms with van der Waals surface area (Å²) < 4.78 is 10.7. The van der Waals surface area contributed by atoms with Crippen LogP contribution in [-0.2, 0) is 0 Å². The second kappa shape index (κ2) is 7.59. The molecule has 0 unspecified atom stereocenters. The summed E-state index contributed by atoms with van der Waals surface area (Å²) in [5.41, 5.74) is 1.72. The fourth-order valence-corrected chi connectivity index (χ4v) is 3.04. The maximum atomic E-state index is 5.42. The van der Waals surface area contributed by atoms with Gasteiger partial charge < -0.3 is 19.7 Å². The first kappa shape index (κ1) is 17.3. The Morgan fingerprint density at radius 2 is 1.84 bits per heavy atom. The minimum absolute atomic E-state index is 0.570. The molecule has 1 aliphatic heterocycles. The molecule has 3 rings (SSSR count). The van der Waals surface area contributed by atoms with Crippen LogP contribution in [-0.4, -0.2) is 37.3 Å². The molecular formula is C19H26N4O2. The number of anilines is 3. The van der Waals surface area contributed by atoms with Crippen LogP contribution in [0.3, 0.4) is 0 Å². The first-order chi connectivity index (χ1) is 12.1. The lowest BCUT2D eigenvalue weighted by Gasteiger charge is -2.31. The second-order valence-corrected chi connectivity index (χ2v) is 6.55. The van der Waals surface area contributed by atoms with Crippen LogP contribution >= 0.6 is 0 Å². The number of nitrogens with one attached hydrogen (secondary N) is 1. The van der Waals surface area contributed by atoms with Crippen LogP contribution in [0.1, 0.15) is 25.5 Å². The lowest BCUT2D eigenvalue weighted by atomic mass is 9.99. The van der Waals surface area contributed by atoms with E-state index in [1.165, 1.54) is 12.8 Å². The summed E-state index contributed by atoms with van der Waals surface area (Å²) in [7, 11) is 3.29. The van der Waals surface area contributed by atoms with Crippen LogP contribution in [0.2, 0.25) is 0 Å². The van der Waals surface area contributed by atoms with Gasteiger partial charge in [0.05, 0.1) is 19.9 Å². The quantitative estimate of drug-likeness (QED) is 0.892. The Hall–Kier alpha value is -2.50. The minimum atomic E-state index is 0.570. The van der Waals surface area contributed by atoms with Crippen LogP contribution in [0.4, 0.5) is 17.5 Å². The lowest BCUT2D eigenvalue weighted by molar-refractivity contribution is 0.405. The molecule has 0 atom stereocenters. The van der Waals surface area contributed by atoms with Crippen LogP contribution in [0.15, 0.2) is 24.3 Å². The van der Waals surface area contributed by atoms with Crippen molar-refractivity contribution >= 4 is 17.5 Å². The predicted octanol–water partition coefficient (Wildman–Crippen LogP) is 3.78. The van der Waals surface area contributed by atoms with Crippen molar-refractivity contribution in [2.45, 2.75) is 26.7 Å². The van der Waals surface area contributed by atoms with Gasteiger partial charge in [0.1, 0.15) is 17.3 Å². The van der Waals surface area contributed by atoms with E-state index < -0.39 is 0 Å². The molecule has 0 bridgehead atoms. The topological polar surface area (TPSA) is 59.5 Å². The number of hydrogen-bond acceptors (Lipinski definition) is 6. The molecule has 0 saturated carbocycles. The van der Waals surface area contributed by atoms with Gasteiger partial charge in [-0.15, -0.1) is 0 Å². The van der Waals surface area contributed by atoms with Gasteiger partial charge in [0.2, 0.25) is 5.95 Å². The Bertz CT molecular complexity index is 727. The maximum Gasteiger partial charge on any atom is 0.229 e. The standard InChI is InChI=1S/C19H26N4O2/c1-13-7-9-23(10-8-13)18-11-14(2)20-19(22-18)21-16-12-15(24-3)5-6-17(16)25-4/h5-6,11-13H,7-10H2,1-4H3,(H,20,21,22). The molecule has 0 spiro atoms. The minimum Gasteiger partial charge on any atom is -0.497 e. The molecule has 0 aliphatic carbocycles. The summed E-state index contributed by atoms with van der Waals surface area (Å²) >= 11 is 0. The van der Waals surface area contributed by atoms with E-state index in [1.54, 1.807) is 14.2 Å². The van der Waals surface area contributed by atoms with Gasteiger partial charge in [-0.3, -0.25) is 0 Å². The number of piperidine rings is 1. The molecule has 1 saturated heterocycles. The summed E-state index contributed by atoms with van der Waals surface area (Å²) in [4.78, 5) is 11.6. The summed E-state index contributed by atoms with van der Waals surface area (Å²) in [5.74, 6) is 3.81. The van der Waals surface area contributed by atoms with Crippen molar-refractivity contribution in [2.75, 3.05) is 37.5 Å². The second-order valence-electron chi connectivity index (χ2n) is 6.55. The van der Waals surface area contributed by atoms with Crippen molar-refractivity contribution in [2.24, 2.45) is 5.92 Å². The van der Waals surface area contributed by atoms with E-state index >= 15 is 0 Å². The van der Waals surface area contributed by atoms with E-state index in [9.17, 15) is 0 Å². The number of hydrogen-bond donors (Lipinski definition) is 1. The molecule has 25 heavy (non-hydrogen) atoms. The summed E-state index contributed by atoms with van der Waals surface area (Å²) in [6, 6.07) is 7.65. The van der Waals surface area contributed by atoms with Gasteiger partial charge in [0, 0.05) is 30.9 Å². The van der Waals surface area contributed by atoms with Crippen LogP contribution in [0.25, 0.3) is 0 Å². The molecule has 1 aliphatic rings. The Balaban J connectivity index is 1.86. The van der Waals surface area contributed by atoms with Gasteiger partial charge in [-0.2, -0.15) is 4.98 Å². The monoisotopic (exact) mass is 342 g/mol. The molecule has 1 N–H and O–H groups in total. The van der Waals surface area contributed by atoms with Crippen molar-refractivity contribution in [3.05, 3.63) is 30.0 Å². The van der Waals surface area contributed by atoms with Gasteiger partial charge >= 0.3 is 0 Å². The first-order valence-electron chi connectivity index (χ1n) is 8.68. The Kier molecular flexibility index (Phi) is 5.26. The fourth-order valence-electron chi connectivity index (χ4n) is 3.04. The van der Waals surface area contributed by atoms with E-state index in [-0.39, 0.29) is 0 Å². The number of aryl methyl sites for hydroxylation is 1. The van der Waals surface area contributed by atoms with Crippen molar-refractivity contribution in [3.8, 4) is 11.5 Å². The van der Waals surface area contributed by atoms with Crippen LogP contribution < -0.4 is 19.7 Å². The molecule has 0 radical (unpaired) electrons. The normalized spacial score (nSPS) is 15.1. The van der Waals surface area contributed by atoms with Gasteiger partial charge in [-0.1, -0.05) is 6.92 Å². The number of rotatable bonds is 5. The molecule has 6 heteroatoms. The van der Waals surface area contributed by atoms with Crippen molar-refractivity contribution in [3.63, 3.8) is 0 Å². The average molecular weight is 342 g/mol. The number of nitrogens with zero attached hydrogens (tertiary/aromatic N) is 3. The molecular weight excluding hydrogens is 316 g/mol. The molecule has 0 amide bonds. The molecule has 6 nitrogen and oxygen atoms in total. The Labute approximate surface area is 149 Å². The highest BCUT2D eigenvalue weighted by molar-refractivity contribution is 5.65. The SMILES string of the molecule is COc1ccc(OC)c(Nc2nc(C)cc(N3CCC(C)CC3)n2)c1. The van der Waals surface area contributed by atoms with Crippen molar-refractivity contribution in [1.82, 2.24) is 9.97 Å². The van der Waals surface area contributed by atoms with Gasteiger partial charge in [-0.05, 0) is 37.8 Å². The number of methoxy groups -OCH3 is 2. The predicted molar refractivity (Wildman–Crippen MR) is 100 cm³/mol. The first-order valence-corrected chi connectivity index (χ1v) is 8.68.